The number of carboxylic acids is 1. The Kier molecular flexibility index (Phi) is 8.97. The fourth-order valence-corrected chi connectivity index (χ4v) is 2.81. The topological polar surface area (TPSA) is 96.3 Å². The van der Waals surface area contributed by atoms with E-state index in [4.69, 9.17) is 5.11 Å². The molecule has 0 aliphatic heterocycles. The van der Waals surface area contributed by atoms with Crippen molar-refractivity contribution in [1.82, 2.24) is 15.1 Å². The van der Waals surface area contributed by atoms with Gasteiger partial charge in [-0.2, -0.15) is 5.10 Å². The summed E-state index contributed by atoms with van der Waals surface area (Å²) in [6.07, 6.45) is 1.51. The largest absolute Gasteiger partial charge is 0.480 e. The molecule has 2 rings (SSSR count). The maximum Gasteiger partial charge on any atom is 0.320 e. The molecule has 148 valence electrons. The standard InChI is InChI=1S/C19H26N4O3.ClH/c1-4-8-16(19(25)26)20-12-11-17(24)21-18-13(2)22-23(14(18)3)15-9-6-5-7-10-15;/h5-7,9-10,16,20H,4,8,11-12H2,1-3H3,(H,21,24)(H,25,26);1H. The molecule has 1 unspecified atom stereocenters. The monoisotopic (exact) mass is 394 g/mol. The van der Waals surface area contributed by atoms with Crippen molar-refractivity contribution in [2.45, 2.75) is 46.1 Å². The molecule has 1 aromatic heterocycles. The second-order valence-corrected chi connectivity index (χ2v) is 6.22. The molecule has 0 saturated heterocycles. The van der Waals surface area contributed by atoms with E-state index in [9.17, 15) is 9.59 Å². The van der Waals surface area contributed by atoms with E-state index in [2.05, 4.69) is 15.7 Å². The molecule has 7 nitrogen and oxygen atoms in total. The first-order valence-corrected chi connectivity index (χ1v) is 8.81. The molecular formula is C19H27ClN4O3. The lowest BCUT2D eigenvalue weighted by Gasteiger charge is -2.13. The summed E-state index contributed by atoms with van der Waals surface area (Å²) in [5.74, 6) is -1.06. The predicted octanol–water partition coefficient (Wildman–Crippen LogP) is 3.08. The van der Waals surface area contributed by atoms with Crippen molar-refractivity contribution >= 4 is 30.0 Å². The van der Waals surface area contributed by atoms with Crippen LogP contribution >= 0.6 is 12.4 Å². The number of aromatic nitrogens is 2. The molecule has 3 N–H and O–H groups in total. The summed E-state index contributed by atoms with van der Waals surface area (Å²) in [6.45, 7) is 6.00. The van der Waals surface area contributed by atoms with Gasteiger partial charge in [-0.1, -0.05) is 31.5 Å². The average molecular weight is 395 g/mol. The zero-order chi connectivity index (χ0) is 19.1. The minimum atomic E-state index is -0.886. The van der Waals surface area contributed by atoms with E-state index < -0.39 is 12.0 Å². The normalized spacial score (nSPS) is 11.5. The number of halogens is 1. The van der Waals surface area contributed by atoms with E-state index >= 15 is 0 Å². The zero-order valence-electron chi connectivity index (χ0n) is 15.9. The minimum absolute atomic E-state index is 0. The van der Waals surface area contributed by atoms with Crippen LogP contribution in [0.15, 0.2) is 30.3 Å². The third-order valence-corrected chi connectivity index (χ3v) is 4.17. The Bertz CT molecular complexity index is 762. The number of amides is 1. The first kappa shape index (κ1) is 22.7. The number of rotatable bonds is 9. The molecule has 0 fully saturated rings. The number of aryl methyl sites for hydroxylation is 1. The predicted molar refractivity (Wildman–Crippen MR) is 108 cm³/mol. The van der Waals surface area contributed by atoms with E-state index in [0.29, 0.717) is 18.7 Å². The van der Waals surface area contributed by atoms with Gasteiger partial charge in [-0.15, -0.1) is 12.4 Å². The second-order valence-electron chi connectivity index (χ2n) is 6.22. The third kappa shape index (κ3) is 6.08. The number of nitrogens with one attached hydrogen (secondary N) is 2. The highest BCUT2D eigenvalue weighted by molar-refractivity contribution is 5.92. The summed E-state index contributed by atoms with van der Waals surface area (Å²) in [5.41, 5.74) is 3.22. The molecule has 0 aliphatic carbocycles. The smallest absolute Gasteiger partial charge is 0.320 e. The van der Waals surface area contributed by atoms with Crippen molar-refractivity contribution in [1.29, 1.82) is 0 Å². The molecule has 8 heteroatoms. The molecule has 1 aromatic carbocycles. The Morgan fingerprint density at radius 2 is 1.89 bits per heavy atom. The Hall–Kier alpha value is -2.38. The van der Waals surface area contributed by atoms with Gasteiger partial charge < -0.3 is 15.7 Å². The van der Waals surface area contributed by atoms with Gasteiger partial charge in [0.25, 0.3) is 0 Å². The van der Waals surface area contributed by atoms with Crippen LogP contribution in [0.1, 0.15) is 37.6 Å². The fraction of sp³-hybridized carbons (Fsp3) is 0.421. The summed E-state index contributed by atoms with van der Waals surface area (Å²) < 4.78 is 1.80. The number of hydrogen-bond donors (Lipinski definition) is 3. The first-order chi connectivity index (χ1) is 12.4. The van der Waals surface area contributed by atoms with Crippen molar-refractivity contribution in [2.75, 3.05) is 11.9 Å². The lowest BCUT2D eigenvalue weighted by atomic mass is 10.1. The molecule has 0 bridgehead atoms. The lowest BCUT2D eigenvalue weighted by molar-refractivity contribution is -0.139. The maximum atomic E-state index is 12.2. The van der Waals surface area contributed by atoms with Crippen LogP contribution in [0.25, 0.3) is 5.69 Å². The summed E-state index contributed by atoms with van der Waals surface area (Å²) in [7, 11) is 0. The van der Waals surface area contributed by atoms with Gasteiger partial charge in [0.15, 0.2) is 0 Å². The molecule has 0 radical (unpaired) electrons. The van der Waals surface area contributed by atoms with Crippen LogP contribution in [0.3, 0.4) is 0 Å². The Labute approximate surface area is 165 Å². The van der Waals surface area contributed by atoms with Gasteiger partial charge in [0, 0.05) is 13.0 Å². The maximum absolute atomic E-state index is 12.2. The minimum Gasteiger partial charge on any atom is -0.480 e. The Balaban J connectivity index is 0.00000364. The highest BCUT2D eigenvalue weighted by Crippen LogP contribution is 2.22. The molecule has 0 spiro atoms. The van der Waals surface area contributed by atoms with Crippen molar-refractivity contribution in [3.63, 3.8) is 0 Å². The number of hydrogen-bond acceptors (Lipinski definition) is 4. The van der Waals surface area contributed by atoms with Crippen LogP contribution in [0.2, 0.25) is 0 Å². The number of benzene rings is 1. The highest BCUT2D eigenvalue weighted by Gasteiger charge is 2.17. The summed E-state index contributed by atoms with van der Waals surface area (Å²) >= 11 is 0. The van der Waals surface area contributed by atoms with E-state index in [0.717, 1.165) is 23.5 Å². The van der Waals surface area contributed by atoms with E-state index in [1.165, 1.54) is 0 Å². The van der Waals surface area contributed by atoms with Gasteiger partial charge in [-0.05, 0) is 32.4 Å². The van der Waals surface area contributed by atoms with Gasteiger partial charge in [0.2, 0.25) is 5.91 Å². The quantitative estimate of drug-likeness (QED) is 0.607. The highest BCUT2D eigenvalue weighted by atomic mass is 35.5. The summed E-state index contributed by atoms with van der Waals surface area (Å²) in [5, 5.41) is 19.4. The van der Waals surface area contributed by atoms with Crippen molar-refractivity contribution in [3.05, 3.63) is 41.7 Å². The SMILES string of the molecule is CCCC(NCCC(=O)Nc1c(C)nn(-c2ccccc2)c1C)C(=O)O.Cl. The summed E-state index contributed by atoms with van der Waals surface area (Å²) in [6, 6.07) is 9.10. The van der Waals surface area contributed by atoms with Crippen molar-refractivity contribution in [3.8, 4) is 5.69 Å². The molecule has 1 heterocycles. The number of carbonyl (C=O) groups is 2. The van der Waals surface area contributed by atoms with E-state index in [-0.39, 0.29) is 24.7 Å². The molecule has 1 atom stereocenters. The lowest BCUT2D eigenvalue weighted by Crippen LogP contribution is -2.38. The van der Waals surface area contributed by atoms with Gasteiger partial charge in [-0.25, -0.2) is 4.68 Å². The van der Waals surface area contributed by atoms with Crippen LogP contribution in [0.4, 0.5) is 5.69 Å². The number of carboxylic acid groups (broad SMARTS) is 1. The first-order valence-electron chi connectivity index (χ1n) is 8.81. The molecule has 0 aliphatic rings. The number of para-hydroxylation sites is 1. The number of anilines is 1. The van der Waals surface area contributed by atoms with Crippen LogP contribution in [0, 0.1) is 13.8 Å². The van der Waals surface area contributed by atoms with Gasteiger partial charge in [0.1, 0.15) is 6.04 Å². The molecule has 2 aromatic rings. The Morgan fingerprint density at radius 1 is 1.22 bits per heavy atom. The average Bonchev–Trinajstić information content (AvgIpc) is 2.90. The van der Waals surface area contributed by atoms with Crippen LogP contribution < -0.4 is 10.6 Å². The van der Waals surface area contributed by atoms with Crippen LogP contribution in [0.5, 0.6) is 0 Å². The number of nitrogens with zero attached hydrogens (tertiary/aromatic N) is 2. The molecule has 27 heavy (non-hydrogen) atoms. The van der Waals surface area contributed by atoms with Crippen molar-refractivity contribution < 1.29 is 14.7 Å². The summed E-state index contributed by atoms with van der Waals surface area (Å²) in [4.78, 5) is 23.3. The molecular weight excluding hydrogens is 368 g/mol. The third-order valence-electron chi connectivity index (χ3n) is 4.17. The van der Waals surface area contributed by atoms with Crippen LogP contribution in [-0.4, -0.2) is 39.4 Å². The van der Waals surface area contributed by atoms with E-state index in [1.807, 2.05) is 51.1 Å². The zero-order valence-corrected chi connectivity index (χ0v) is 16.7. The van der Waals surface area contributed by atoms with Crippen molar-refractivity contribution in [2.24, 2.45) is 0 Å². The fourth-order valence-electron chi connectivity index (χ4n) is 2.81. The van der Waals surface area contributed by atoms with E-state index in [1.54, 1.807) is 4.68 Å². The van der Waals surface area contributed by atoms with Gasteiger partial charge in [0.05, 0.1) is 22.8 Å². The number of carbonyl (C=O) groups excluding carboxylic acids is 1. The van der Waals surface area contributed by atoms with Gasteiger partial charge >= 0.3 is 5.97 Å². The van der Waals surface area contributed by atoms with Crippen LogP contribution in [-0.2, 0) is 9.59 Å². The Morgan fingerprint density at radius 3 is 2.48 bits per heavy atom. The second kappa shape index (κ2) is 10.7. The van der Waals surface area contributed by atoms with Gasteiger partial charge in [-0.3, -0.25) is 9.59 Å². The number of aliphatic carboxylic acids is 1. The molecule has 0 saturated carbocycles. The molecule has 1 amide bonds.